The summed E-state index contributed by atoms with van der Waals surface area (Å²) in [5.41, 5.74) is 0.383. The number of halogens is 1. The van der Waals surface area contributed by atoms with Gasteiger partial charge in [0.1, 0.15) is 17.2 Å². The average Bonchev–Trinajstić information content (AvgIpc) is 2.58. The molecular weight excluding hydrogens is 226 g/mol. The van der Waals surface area contributed by atoms with Crippen LogP contribution in [0.5, 0.6) is 0 Å². The number of aromatic nitrogens is 1. The van der Waals surface area contributed by atoms with Crippen LogP contribution in [0.2, 0.25) is 0 Å². The van der Waals surface area contributed by atoms with Crippen molar-refractivity contribution in [1.29, 1.82) is 0 Å². The zero-order valence-corrected chi connectivity index (χ0v) is 9.18. The third-order valence-corrected chi connectivity index (χ3v) is 3.34. The fraction of sp³-hybridized carbons (Fsp3) is 0.625. The maximum atomic E-state index is 10.7. The SMILES string of the molecule is CC1CC1c1cc(CS(=O)(=O)Cl)no1. The molecule has 0 bridgehead atoms. The number of hydrogen-bond acceptors (Lipinski definition) is 4. The maximum absolute atomic E-state index is 10.7. The van der Waals surface area contributed by atoms with Gasteiger partial charge in [0.15, 0.2) is 0 Å². The first kappa shape index (κ1) is 9.98. The van der Waals surface area contributed by atoms with E-state index >= 15 is 0 Å². The smallest absolute Gasteiger partial charge is 0.238 e. The summed E-state index contributed by atoms with van der Waals surface area (Å²) in [6.07, 6.45) is 1.09. The summed E-state index contributed by atoms with van der Waals surface area (Å²) in [7, 11) is 1.56. The second kappa shape index (κ2) is 3.24. The van der Waals surface area contributed by atoms with Crippen LogP contribution in [0.15, 0.2) is 10.6 Å². The summed E-state index contributed by atoms with van der Waals surface area (Å²) >= 11 is 0. The van der Waals surface area contributed by atoms with Gasteiger partial charge < -0.3 is 4.52 Å². The van der Waals surface area contributed by atoms with E-state index in [4.69, 9.17) is 15.2 Å². The third kappa shape index (κ3) is 2.27. The first-order chi connectivity index (χ1) is 6.46. The van der Waals surface area contributed by atoms with Crippen LogP contribution in [0.1, 0.15) is 30.7 Å². The van der Waals surface area contributed by atoms with Crippen LogP contribution < -0.4 is 0 Å². The Balaban J connectivity index is 2.11. The Bertz CT molecular complexity index is 439. The molecule has 0 N–H and O–H groups in total. The molecule has 0 spiro atoms. The van der Waals surface area contributed by atoms with Gasteiger partial charge in [-0.2, -0.15) is 0 Å². The fourth-order valence-corrected chi connectivity index (χ4v) is 2.29. The van der Waals surface area contributed by atoms with Crippen molar-refractivity contribution in [3.05, 3.63) is 17.5 Å². The normalized spacial score (nSPS) is 26.4. The topological polar surface area (TPSA) is 60.2 Å². The minimum Gasteiger partial charge on any atom is -0.361 e. The minimum atomic E-state index is -3.53. The summed E-state index contributed by atoms with van der Waals surface area (Å²) in [5, 5.41) is 3.66. The molecule has 1 aromatic heterocycles. The highest BCUT2D eigenvalue weighted by Crippen LogP contribution is 2.47. The van der Waals surface area contributed by atoms with E-state index in [9.17, 15) is 8.42 Å². The molecule has 2 unspecified atom stereocenters. The molecule has 0 aliphatic heterocycles. The Morgan fingerprint density at radius 3 is 2.86 bits per heavy atom. The number of rotatable bonds is 3. The summed E-state index contributed by atoms with van der Waals surface area (Å²) < 4.78 is 26.5. The monoisotopic (exact) mass is 235 g/mol. The highest BCUT2D eigenvalue weighted by molar-refractivity contribution is 8.13. The molecule has 0 radical (unpaired) electrons. The van der Waals surface area contributed by atoms with E-state index < -0.39 is 9.05 Å². The van der Waals surface area contributed by atoms with Gasteiger partial charge in [-0.3, -0.25) is 0 Å². The van der Waals surface area contributed by atoms with Crippen molar-refractivity contribution >= 4 is 19.7 Å². The van der Waals surface area contributed by atoms with Crippen molar-refractivity contribution in [2.75, 3.05) is 0 Å². The molecule has 4 nitrogen and oxygen atoms in total. The van der Waals surface area contributed by atoms with Gasteiger partial charge in [-0.25, -0.2) is 8.42 Å². The molecule has 2 atom stereocenters. The lowest BCUT2D eigenvalue weighted by Gasteiger charge is -1.87. The second-order valence-corrected chi connectivity index (χ2v) is 6.50. The fourth-order valence-electron chi connectivity index (χ4n) is 1.47. The lowest BCUT2D eigenvalue weighted by molar-refractivity contribution is 0.377. The molecular formula is C8H10ClNO3S. The van der Waals surface area contributed by atoms with Crippen molar-refractivity contribution in [2.45, 2.75) is 25.0 Å². The summed E-state index contributed by atoms with van der Waals surface area (Å²) in [6, 6.07) is 1.67. The van der Waals surface area contributed by atoms with Gasteiger partial charge >= 0.3 is 0 Å². The molecule has 0 saturated heterocycles. The molecule has 2 rings (SSSR count). The van der Waals surface area contributed by atoms with Crippen molar-refractivity contribution in [2.24, 2.45) is 5.92 Å². The predicted octanol–water partition coefficient (Wildman–Crippen LogP) is 1.87. The van der Waals surface area contributed by atoms with E-state index in [2.05, 4.69) is 12.1 Å². The molecule has 1 saturated carbocycles. The average molecular weight is 236 g/mol. The van der Waals surface area contributed by atoms with Crippen LogP contribution in [-0.4, -0.2) is 13.6 Å². The van der Waals surface area contributed by atoms with Crippen LogP contribution in [0.4, 0.5) is 0 Å². The molecule has 6 heteroatoms. The highest BCUT2D eigenvalue weighted by Gasteiger charge is 2.37. The van der Waals surface area contributed by atoms with Crippen LogP contribution >= 0.6 is 10.7 Å². The van der Waals surface area contributed by atoms with Crippen LogP contribution in [0.25, 0.3) is 0 Å². The molecule has 1 heterocycles. The Hall–Kier alpha value is -0.550. The van der Waals surface area contributed by atoms with E-state index in [-0.39, 0.29) is 5.75 Å². The van der Waals surface area contributed by atoms with Gasteiger partial charge in [0.05, 0.1) is 0 Å². The summed E-state index contributed by atoms with van der Waals surface area (Å²) in [4.78, 5) is 0. The molecule has 0 amide bonds. The largest absolute Gasteiger partial charge is 0.361 e. The predicted molar refractivity (Wildman–Crippen MR) is 51.5 cm³/mol. The molecule has 0 aromatic carbocycles. The molecule has 1 aliphatic rings. The standard InChI is InChI=1S/C8H10ClNO3S/c1-5-2-7(5)8-3-6(10-13-8)4-14(9,11)12/h3,5,7H,2,4H2,1H3. The minimum absolute atomic E-state index is 0.265. The Kier molecular flexibility index (Phi) is 2.31. The molecule has 14 heavy (non-hydrogen) atoms. The van der Waals surface area contributed by atoms with E-state index in [1.54, 1.807) is 6.07 Å². The summed E-state index contributed by atoms with van der Waals surface area (Å²) in [6.45, 7) is 2.12. The summed E-state index contributed by atoms with van der Waals surface area (Å²) in [5.74, 6) is 1.53. The Morgan fingerprint density at radius 1 is 1.71 bits per heavy atom. The Morgan fingerprint density at radius 2 is 2.36 bits per heavy atom. The lowest BCUT2D eigenvalue weighted by atomic mass is 10.2. The zero-order valence-electron chi connectivity index (χ0n) is 7.60. The van der Waals surface area contributed by atoms with Gasteiger partial charge in [0, 0.05) is 22.7 Å². The zero-order chi connectivity index (χ0) is 10.3. The lowest BCUT2D eigenvalue weighted by Crippen LogP contribution is -1.94. The van der Waals surface area contributed by atoms with Gasteiger partial charge in [0.25, 0.3) is 0 Å². The van der Waals surface area contributed by atoms with E-state index in [0.717, 1.165) is 12.2 Å². The van der Waals surface area contributed by atoms with Crippen molar-refractivity contribution in [3.63, 3.8) is 0 Å². The maximum Gasteiger partial charge on any atom is 0.238 e. The van der Waals surface area contributed by atoms with E-state index in [1.165, 1.54) is 0 Å². The van der Waals surface area contributed by atoms with Crippen LogP contribution in [-0.2, 0) is 14.8 Å². The first-order valence-corrected chi connectivity index (χ1v) is 6.81. The number of nitrogens with zero attached hydrogens (tertiary/aromatic N) is 1. The Labute approximate surface area is 86.6 Å². The van der Waals surface area contributed by atoms with Crippen molar-refractivity contribution in [1.82, 2.24) is 5.16 Å². The van der Waals surface area contributed by atoms with Gasteiger partial charge in [-0.15, -0.1) is 0 Å². The quantitative estimate of drug-likeness (QED) is 0.751. The van der Waals surface area contributed by atoms with Crippen LogP contribution in [0, 0.1) is 5.92 Å². The van der Waals surface area contributed by atoms with Crippen LogP contribution in [0.3, 0.4) is 0 Å². The van der Waals surface area contributed by atoms with E-state index in [0.29, 0.717) is 17.5 Å². The second-order valence-electron chi connectivity index (χ2n) is 3.72. The first-order valence-electron chi connectivity index (χ1n) is 4.33. The molecule has 1 aliphatic carbocycles. The van der Waals surface area contributed by atoms with Gasteiger partial charge in [-0.05, 0) is 12.3 Å². The number of hydrogen-bond donors (Lipinski definition) is 0. The highest BCUT2D eigenvalue weighted by atomic mass is 35.7. The van der Waals surface area contributed by atoms with Gasteiger partial charge in [-0.1, -0.05) is 12.1 Å². The molecule has 1 fully saturated rings. The third-order valence-electron chi connectivity index (χ3n) is 2.37. The van der Waals surface area contributed by atoms with Gasteiger partial charge in [0.2, 0.25) is 9.05 Å². The molecule has 1 aromatic rings. The van der Waals surface area contributed by atoms with E-state index in [1.807, 2.05) is 0 Å². The molecule has 78 valence electrons. The van der Waals surface area contributed by atoms with Crippen molar-refractivity contribution < 1.29 is 12.9 Å². The van der Waals surface area contributed by atoms with Crippen molar-refractivity contribution in [3.8, 4) is 0 Å².